The molecular weight excluding hydrogens is 751 g/mol. The number of anilines is 4. The third-order valence-corrected chi connectivity index (χ3v) is 13.7. The van der Waals surface area contributed by atoms with Gasteiger partial charge in [-0.2, -0.15) is 0 Å². The number of carbonyl (C=O) groups excluding carboxylic acids is 5. The number of hydrogen-bond acceptors (Lipinski definition) is 11. The third kappa shape index (κ3) is 7.21. The van der Waals surface area contributed by atoms with Gasteiger partial charge in [-0.05, 0) is 99.7 Å². The van der Waals surface area contributed by atoms with Gasteiger partial charge < -0.3 is 41.3 Å². The van der Waals surface area contributed by atoms with Crippen molar-refractivity contribution in [2.45, 2.75) is 87.9 Å². The van der Waals surface area contributed by atoms with E-state index in [1.165, 1.54) is 5.56 Å². The van der Waals surface area contributed by atoms with Gasteiger partial charge in [-0.25, -0.2) is 14.8 Å². The Morgan fingerprint density at radius 3 is 2.41 bits per heavy atom. The second-order valence-corrected chi connectivity index (χ2v) is 17.4. The molecule has 1 aromatic heterocycles. The number of primary amides is 1. The van der Waals surface area contributed by atoms with Crippen LogP contribution in [0, 0.1) is 0 Å². The second kappa shape index (κ2) is 15.4. The summed E-state index contributed by atoms with van der Waals surface area (Å²) < 4.78 is 0. The van der Waals surface area contributed by atoms with Gasteiger partial charge >= 0.3 is 6.03 Å². The Hall–Kier alpha value is -5.77. The fourth-order valence-corrected chi connectivity index (χ4v) is 9.92. The first-order chi connectivity index (χ1) is 28.5. The Kier molecular flexibility index (Phi) is 10.1. The zero-order chi connectivity index (χ0) is 41.0. The molecule has 0 spiro atoms. The van der Waals surface area contributed by atoms with E-state index < -0.39 is 23.8 Å². The van der Waals surface area contributed by atoms with Crippen LogP contribution in [0.1, 0.15) is 95.1 Å². The molecule has 5 N–H and O–H groups in total. The fraction of sp³-hybridized carbons (Fsp3) is 0.512. The number of benzene rings is 2. The SMILES string of the molecule is CN1CCN([C@H]2CCCN(c3cnc(C(N)=O)c(Nc4ccc(C5(C)CCN([C@H]6C[C@H](Nc7cccc8c7C(=O)N(C7CCCNC7=O)C8=O)C6)CC5)cc4)n3)C2)C1=O. The van der Waals surface area contributed by atoms with E-state index in [0.29, 0.717) is 54.0 Å². The summed E-state index contributed by atoms with van der Waals surface area (Å²) >= 11 is 0. The molecule has 5 fully saturated rings. The minimum atomic E-state index is -0.761. The molecule has 310 valence electrons. The number of nitrogens with two attached hydrogens (primary N) is 1. The molecule has 4 saturated heterocycles. The Bertz CT molecular complexity index is 2170. The molecule has 3 aromatic rings. The Labute approximate surface area is 343 Å². The highest BCUT2D eigenvalue weighted by molar-refractivity contribution is 6.25. The van der Waals surface area contributed by atoms with Crippen molar-refractivity contribution < 1.29 is 24.0 Å². The van der Waals surface area contributed by atoms with E-state index in [9.17, 15) is 24.0 Å². The van der Waals surface area contributed by atoms with E-state index >= 15 is 0 Å². The summed E-state index contributed by atoms with van der Waals surface area (Å²) in [5, 5.41) is 9.66. The van der Waals surface area contributed by atoms with Crippen LogP contribution in [0.15, 0.2) is 48.7 Å². The molecule has 6 amide bonds. The van der Waals surface area contributed by atoms with E-state index in [2.05, 4.69) is 49.8 Å². The van der Waals surface area contributed by atoms with Crippen LogP contribution in [0.5, 0.6) is 0 Å². The number of rotatable bonds is 10. The first-order valence-corrected chi connectivity index (χ1v) is 21.1. The maximum absolute atomic E-state index is 13.6. The summed E-state index contributed by atoms with van der Waals surface area (Å²) in [4.78, 5) is 83.3. The molecule has 16 heteroatoms. The quantitative estimate of drug-likeness (QED) is 0.220. The van der Waals surface area contributed by atoms with Gasteiger partial charge in [0.15, 0.2) is 11.5 Å². The van der Waals surface area contributed by atoms with Gasteiger partial charge in [0.1, 0.15) is 11.9 Å². The Morgan fingerprint density at radius 2 is 1.69 bits per heavy atom. The Balaban J connectivity index is 0.793. The average molecular weight is 804 g/mol. The number of nitrogens with zero attached hydrogens (tertiary/aromatic N) is 7. The molecule has 59 heavy (non-hydrogen) atoms. The summed E-state index contributed by atoms with van der Waals surface area (Å²) in [5.74, 6) is -0.769. The topological polar surface area (TPSA) is 189 Å². The van der Waals surface area contributed by atoms with E-state index in [0.717, 1.165) is 88.3 Å². The molecule has 5 aliphatic heterocycles. The first-order valence-electron chi connectivity index (χ1n) is 21.1. The number of urea groups is 1. The molecule has 0 bridgehead atoms. The summed E-state index contributed by atoms with van der Waals surface area (Å²) in [7, 11) is 1.83. The third-order valence-electron chi connectivity index (χ3n) is 13.7. The summed E-state index contributed by atoms with van der Waals surface area (Å²) in [6.45, 7) is 7.72. The van der Waals surface area contributed by atoms with Crippen molar-refractivity contribution >= 4 is 52.7 Å². The predicted octanol–water partition coefficient (Wildman–Crippen LogP) is 3.53. The van der Waals surface area contributed by atoms with Crippen LogP contribution in [-0.4, -0.2) is 136 Å². The van der Waals surface area contributed by atoms with Crippen LogP contribution < -0.4 is 26.6 Å². The minimum absolute atomic E-state index is 0.00344. The maximum Gasteiger partial charge on any atom is 0.320 e. The van der Waals surface area contributed by atoms with Crippen molar-refractivity contribution in [2.75, 3.05) is 68.4 Å². The number of likely N-dealkylation sites (tertiary alicyclic amines) is 1. The molecular formula is C43H53N11O5. The van der Waals surface area contributed by atoms with Gasteiger partial charge in [-0.1, -0.05) is 25.1 Å². The van der Waals surface area contributed by atoms with Gasteiger partial charge in [0, 0.05) is 63.2 Å². The van der Waals surface area contributed by atoms with E-state index in [-0.39, 0.29) is 35.1 Å². The van der Waals surface area contributed by atoms with Gasteiger partial charge in [0.25, 0.3) is 17.7 Å². The molecule has 1 unspecified atom stereocenters. The predicted molar refractivity (Wildman–Crippen MR) is 222 cm³/mol. The summed E-state index contributed by atoms with van der Waals surface area (Å²) in [6.07, 6.45) is 8.58. The molecule has 2 atom stereocenters. The highest BCUT2D eigenvalue weighted by Crippen LogP contribution is 2.40. The van der Waals surface area contributed by atoms with E-state index in [4.69, 9.17) is 10.7 Å². The first kappa shape index (κ1) is 38.7. The van der Waals surface area contributed by atoms with Gasteiger partial charge in [0.2, 0.25) is 5.91 Å². The highest BCUT2D eigenvalue weighted by Gasteiger charge is 2.46. The number of piperidine rings is 3. The lowest BCUT2D eigenvalue weighted by atomic mass is 9.73. The molecule has 6 aliphatic rings. The van der Waals surface area contributed by atoms with Crippen molar-refractivity contribution in [1.82, 2.24) is 34.9 Å². The van der Waals surface area contributed by atoms with E-state index in [1.54, 1.807) is 23.2 Å². The lowest BCUT2D eigenvalue weighted by Crippen LogP contribution is -2.54. The number of likely N-dealkylation sites (N-methyl/N-ethyl adjacent to an activating group) is 1. The van der Waals surface area contributed by atoms with E-state index in [1.807, 2.05) is 30.1 Å². The number of nitrogens with one attached hydrogen (secondary N) is 3. The Morgan fingerprint density at radius 1 is 0.915 bits per heavy atom. The maximum atomic E-state index is 13.6. The molecule has 0 radical (unpaired) electrons. The van der Waals surface area contributed by atoms with Crippen LogP contribution in [-0.2, 0) is 10.2 Å². The summed E-state index contributed by atoms with van der Waals surface area (Å²) in [6, 6.07) is 13.7. The minimum Gasteiger partial charge on any atom is -0.382 e. The number of aromatic nitrogens is 2. The average Bonchev–Trinajstić information content (AvgIpc) is 3.70. The highest BCUT2D eigenvalue weighted by atomic mass is 16.2. The largest absolute Gasteiger partial charge is 0.382 e. The lowest BCUT2D eigenvalue weighted by Gasteiger charge is -2.48. The number of amides is 6. The van der Waals surface area contributed by atoms with Crippen molar-refractivity contribution in [3.05, 3.63) is 71.0 Å². The van der Waals surface area contributed by atoms with Crippen LogP contribution >= 0.6 is 0 Å². The van der Waals surface area contributed by atoms with Crippen LogP contribution in [0.3, 0.4) is 0 Å². The second-order valence-electron chi connectivity index (χ2n) is 17.4. The number of fused-ring (bicyclic) bond motifs is 1. The van der Waals surface area contributed by atoms with Gasteiger partial charge in [-0.3, -0.25) is 24.1 Å². The van der Waals surface area contributed by atoms with Gasteiger partial charge in [0.05, 0.1) is 23.4 Å². The molecule has 9 rings (SSSR count). The van der Waals surface area contributed by atoms with Crippen LogP contribution in [0.4, 0.5) is 27.8 Å². The van der Waals surface area contributed by atoms with Gasteiger partial charge in [-0.15, -0.1) is 0 Å². The van der Waals surface area contributed by atoms with Crippen LogP contribution in [0.2, 0.25) is 0 Å². The molecule has 6 heterocycles. The standard InChI is InChI=1S/C43H53N11O5/c1-43(14-18-51(19-15-43)30-22-28(23-30)47-32-8-3-7-31-35(32)41(58)54(40(31)57)33-9-4-16-45-39(33)56)26-10-12-27(13-11-26)48-38-36(37(44)55)46-24-34(49-38)52-17-5-6-29(25-52)53-21-20-50(2)42(53)59/h3,7-8,10-13,24,28-30,33,47H,4-6,9,14-23,25H2,1-2H3,(H2,44,55)(H,45,56)(H,48,49)/t28-,29-,30-,33?/m0/s1. The fourth-order valence-electron chi connectivity index (χ4n) is 9.92. The molecule has 1 aliphatic carbocycles. The van der Waals surface area contributed by atoms with Crippen molar-refractivity contribution in [2.24, 2.45) is 5.73 Å². The van der Waals surface area contributed by atoms with Crippen molar-refractivity contribution in [1.29, 1.82) is 0 Å². The molecule has 16 nitrogen and oxygen atoms in total. The smallest absolute Gasteiger partial charge is 0.320 e. The number of carbonyl (C=O) groups is 5. The van der Waals surface area contributed by atoms with Crippen molar-refractivity contribution in [3.63, 3.8) is 0 Å². The molecule has 1 saturated carbocycles. The zero-order valence-corrected chi connectivity index (χ0v) is 33.8. The summed E-state index contributed by atoms with van der Waals surface area (Å²) in [5.41, 5.74) is 9.24. The normalized spacial score (nSPS) is 25.8. The number of imide groups is 1. The zero-order valence-electron chi connectivity index (χ0n) is 33.8. The van der Waals surface area contributed by atoms with Crippen molar-refractivity contribution in [3.8, 4) is 0 Å². The number of hydrogen-bond donors (Lipinski definition) is 4. The lowest BCUT2D eigenvalue weighted by molar-refractivity contribution is -0.126. The van der Waals surface area contributed by atoms with Crippen LogP contribution in [0.25, 0.3) is 0 Å². The monoisotopic (exact) mass is 803 g/mol. The molecule has 2 aromatic carbocycles.